The van der Waals surface area contributed by atoms with Gasteiger partial charge < -0.3 is 4.74 Å². The predicted octanol–water partition coefficient (Wildman–Crippen LogP) is 9.44. The van der Waals surface area contributed by atoms with Gasteiger partial charge in [-0.1, -0.05) is 31.0 Å². The molecule has 0 aliphatic heterocycles. The molecule has 3 rings (SSSR count). The summed E-state index contributed by atoms with van der Waals surface area (Å²) in [6.07, 6.45) is 5.03. The van der Waals surface area contributed by atoms with E-state index < -0.39 is 5.97 Å². The van der Waals surface area contributed by atoms with Gasteiger partial charge in [0.2, 0.25) is 0 Å². The summed E-state index contributed by atoms with van der Waals surface area (Å²) in [5.74, 6) is 50.4. The molecular weight excluding hydrogens is 571 g/mol. The van der Waals surface area contributed by atoms with Crippen LogP contribution in [0.2, 0.25) is 0 Å². The van der Waals surface area contributed by atoms with Gasteiger partial charge in [0.15, 0.2) is 0 Å². The van der Waals surface area contributed by atoms with Crippen molar-refractivity contribution >= 4 is 17.3 Å². The molecule has 1 aromatic carbocycles. The summed E-state index contributed by atoms with van der Waals surface area (Å²) in [5.41, 5.74) is 2.32. The minimum absolute atomic E-state index is 0. The minimum atomic E-state index is -0.653. The molecule has 1 aromatic heterocycles. The zero-order valence-corrected chi connectivity index (χ0v) is 26.0. The first-order valence-corrected chi connectivity index (χ1v) is 15.1. The molecule has 0 saturated carbocycles. The lowest BCUT2D eigenvalue weighted by Gasteiger charge is -2.35. The summed E-state index contributed by atoms with van der Waals surface area (Å²) >= 11 is 1.82. The molecule has 3 nitrogen and oxygen atoms in total. The molecule has 0 N–H and O–H groups in total. The van der Waals surface area contributed by atoms with Gasteiger partial charge in [0.25, 0.3) is 0 Å². The minimum Gasteiger partial charge on any atom is -0.417 e. The number of rotatable bonds is 7. The van der Waals surface area contributed by atoms with Crippen LogP contribution in [0.15, 0.2) is 35.7 Å². The second kappa shape index (κ2) is 20.8. The van der Waals surface area contributed by atoms with E-state index in [1.807, 2.05) is 23.5 Å². The molecule has 2 aromatic rings. The van der Waals surface area contributed by atoms with Crippen LogP contribution in [0.4, 0.5) is 0 Å². The van der Waals surface area contributed by atoms with Crippen molar-refractivity contribution < 1.29 is 38.1 Å². The Morgan fingerprint density at radius 2 is 1.42 bits per heavy atom. The van der Waals surface area contributed by atoms with Crippen LogP contribution in [0, 0.1) is 118 Å². The van der Waals surface area contributed by atoms with Crippen LogP contribution >= 0.6 is 11.3 Å². The highest BCUT2D eigenvalue weighted by Gasteiger charge is 2.26. The fraction of sp³-hybridized carbons (Fsp3) is 0.244. The molecule has 0 unspecified atom stereocenters. The Balaban J connectivity index is -0.0000000690. The maximum absolute atomic E-state index is 12.4. The average Bonchev–Trinajstić information content (AvgIpc) is 3.58. The Morgan fingerprint density at radius 3 is 1.98 bits per heavy atom. The van der Waals surface area contributed by atoms with Crippen molar-refractivity contribution in [1.82, 2.24) is 4.90 Å². The summed E-state index contributed by atoms with van der Waals surface area (Å²) < 4.78 is 5.59. The van der Waals surface area contributed by atoms with Gasteiger partial charge in [-0.2, -0.15) is 0 Å². The smallest absolute Gasteiger partial charge is 0.390 e. The molecule has 1 aliphatic rings. The Hall–Kier alpha value is -6.05. The lowest BCUT2D eigenvalue weighted by atomic mass is 9.86. The summed E-state index contributed by atoms with van der Waals surface area (Å²) in [5, 5.41) is 2.14. The van der Waals surface area contributed by atoms with Crippen LogP contribution < -0.4 is 4.74 Å². The summed E-state index contributed by atoms with van der Waals surface area (Å²) in [4.78, 5) is 16.4. The number of nitrogens with zero attached hydrogens (tertiary/aromatic N) is 1. The maximum Gasteiger partial charge on any atom is 0.390 e. The van der Waals surface area contributed by atoms with Gasteiger partial charge in [-0.3, -0.25) is 4.90 Å². The highest BCUT2D eigenvalue weighted by Crippen LogP contribution is 2.32. The Labute approximate surface area is 301 Å². The zero-order chi connectivity index (χ0) is 31.8. The first-order chi connectivity index (χ1) is 22.2. The molecule has 254 valence electrons. The van der Waals surface area contributed by atoms with E-state index in [0.717, 1.165) is 50.8 Å². The fourth-order valence-electron chi connectivity index (χ4n) is 4.40. The van der Waals surface area contributed by atoms with E-state index in [9.17, 15) is 4.79 Å². The Kier molecular flexibility index (Phi) is 15.4. The largest absolute Gasteiger partial charge is 0.417 e. The number of thiophene rings is 1. The first kappa shape index (κ1) is 33.5. The molecular formula is C41H67NO2S. The number of carbonyl (C=O) groups is 1. The second-order valence-electron chi connectivity index (χ2n) is 9.17. The Bertz CT molecular complexity index is 2080. The molecule has 0 amide bonds. The third kappa shape index (κ3) is 13.2. The summed E-state index contributed by atoms with van der Waals surface area (Å²) in [7, 11) is 0. The molecule has 0 radical (unpaired) electrons. The molecule has 0 bridgehead atoms. The normalized spacial score (nSPS) is 11.0. The topological polar surface area (TPSA) is 29.5 Å². The van der Waals surface area contributed by atoms with Crippen molar-refractivity contribution in [3.8, 4) is 124 Å². The number of hydrogen-bond acceptors (Lipinski definition) is 4. The highest BCUT2D eigenvalue weighted by atomic mass is 32.1. The van der Waals surface area contributed by atoms with E-state index in [2.05, 4.69) is 154 Å². The van der Waals surface area contributed by atoms with Crippen LogP contribution in [0.5, 0.6) is 5.75 Å². The molecule has 0 fully saturated rings. The van der Waals surface area contributed by atoms with Crippen molar-refractivity contribution in [3.63, 3.8) is 0 Å². The monoisotopic (exact) mass is 637 g/mol. The van der Waals surface area contributed by atoms with Crippen molar-refractivity contribution in [1.29, 1.82) is 0 Å². The summed E-state index contributed by atoms with van der Waals surface area (Å²) in [6.45, 7) is 6.06. The molecule has 0 saturated heterocycles. The lowest BCUT2D eigenvalue weighted by Crippen LogP contribution is -2.41. The Morgan fingerprint density at radius 1 is 0.822 bits per heavy atom. The number of fused-ring (bicyclic) bond motifs is 1. The van der Waals surface area contributed by atoms with E-state index in [1.165, 1.54) is 10.4 Å². The van der Waals surface area contributed by atoms with E-state index in [4.69, 9.17) is 4.74 Å². The van der Waals surface area contributed by atoms with Crippen molar-refractivity contribution in [2.24, 2.45) is 0 Å². The molecule has 1 heterocycles. The van der Waals surface area contributed by atoms with Crippen molar-refractivity contribution in [2.75, 3.05) is 13.1 Å². The highest BCUT2D eigenvalue weighted by molar-refractivity contribution is 7.09. The molecule has 0 spiro atoms. The first-order valence-electron chi connectivity index (χ1n) is 14.2. The van der Waals surface area contributed by atoms with Gasteiger partial charge in [0.05, 0.1) is 0 Å². The summed E-state index contributed by atoms with van der Waals surface area (Å²) in [6, 6.07) is 10.7. The maximum atomic E-state index is 12.4. The quantitative estimate of drug-likeness (QED) is 0.131. The average molecular weight is 638 g/mol. The van der Waals surface area contributed by atoms with Gasteiger partial charge in [-0.05, 0) is 169 Å². The predicted molar refractivity (Wildman–Crippen MR) is 223 cm³/mol. The van der Waals surface area contributed by atoms with Gasteiger partial charge in [0, 0.05) is 63.8 Å². The van der Waals surface area contributed by atoms with Crippen molar-refractivity contribution in [2.45, 2.75) is 52.0 Å². The second-order valence-corrected chi connectivity index (χ2v) is 10.2. The third-order valence-electron chi connectivity index (χ3n) is 6.22. The molecule has 1 atom stereocenters. The zero-order valence-electron chi connectivity index (χ0n) is 25.2. The number of ether oxygens (including phenoxy) is 1. The lowest BCUT2D eigenvalue weighted by molar-refractivity contribution is -0.128. The third-order valence-corrected chi connectivity index (χ3v) is 7.16. The molecule has 1 aliphatic carbocycles. The fourth-order valence-corrected chi connectivity index (χ4v) is 5.10. The number of carbonyl (C=O) groups excluding carboxylic acids is 1. The van der Waals surface area contributed by atoms with E-state index in [1.54, 1.807) is 6.92 Å². The SMILES string of the molecule is CC#CC#CC#CC#CC#CC#CC#CC#CC#CC#CC(=O)Oc1cccc2c1CC[C@H](N(CCC)CCc1cccs1)C2.[HH].[HH].[HH].[HH].[HH].[HH].[HH].[HH].[HH].[HH].[HH].[HH].[HH].[HH].[HH].[HH].[HH].[HH].[HH].[HH]. The molecule has 4 heteroatoms. The van der Waals surface area contributed by atoms with Gasteiger partial charge in [-0.25, -0.2) is 4.79 Å². The molecule has 45 heavy (non-hydrogen) atoms. The van der Waals surface area contributed by atoms with Crippen LogP contribution in [-0.4, -0.2) is 30.0 Å². The van der Waals surface area contributed by atoms with Gasteiger partial charge >= 0.3 is 5.97 Å². The van der Waals surface area contributed by atoms with E-state index >= 15 is 0 Å². The van der Waals surface area contributed by atoms with Crippen LogP contribution in [-0.2, 0) is 24.1 Å². The standard InChI is InChI=1S/C41H27NO2S.20H2/c1-3-5-6-7-8-9-10-11-12-13-14-15-16-17-18-19-20-21-22-28-41(43)44-40-27-23-25-36-35-37(29-30-39(36)40)42(32-4-2)33-31-38-26-24-34-45-38;;;;;;;;;;;;;;;;;;;;/h23-27,34,37H,4,29-33,35H2,1-2H3;20*1H/t37-;;;;;;;;;;;;;;;;;;;;/m0..................../s1. The van der Waals surface area contributed by atoms with Gasteiger partial charge in [-0.15, -0.1) is 11.3 Å². The number of hydrogen-bond donors (Lipinski definition) is 0. The van der Waals surface area contributed by atoms with Crippen LogP contribution in [0.25, 0.3) is 0 Å². The van der Waals surface area contributed by atoms with E-state index in [0.29, 0.717) is 11.8 Å². The van der Waals surface area contributed by atoms with Crippen molar-refractivity contribution in [3.05, 3.63) is 51.7 Å². The van der Waals surface area contributed by atoms with E-state index in [-0.39, 0.29) is 28.5 Å². The number of esters is 1. The number of benzene rings is 1. The van der Waals surface area contributed by atoms with Crippen LogP contribution in [0.1, 0.15) is 71.2 Å². The van der Waals surface area contributed by atoms with Gasteiger partial charge in [0.1, 0.15) is 5.75 Å². The van der Waals surface area contributed by atoms with Crippen LogP contribution in [0.3, 0.4) is 0 Å².